The number of aliphatic hydroxyl groups is 5. The Labute approximate surface area is 157 Å². The van der Waals surface area contributed by atoms with Crippen LogP contribution in [0, 0.1) is 5.41 Å². The zero-order valence-electron chi connectivity index (χ0n) is 15.9. The van der Waals surface area contributed by atoms with Gasteiger partial charge >= 0.3 is 15.6 Å². The molecule has 0 rings (SSSR count). The van der Waals surface area contributed by atoms with Gasteiger partial charge in [-0.2, -0.15) is 4.31 Å². The quantitative estimate of drug-likeness (QED) is 0.133. The van der Waals surface area contributed by atoms with E-state index < -0.39 is 53.3 Å². The average Bonchev–Trinajstić information content (AvgIpc) is 2.47. The van der Waals surface area contributed by atoms with Crippen LogP contribution in [0.4, 0.5) is 0 Å². The van der Waals surface area contributed by atoms with Gasteiger partial charge in [0, 0.05) is 0 Å². The normalized spacial score (nSPS) is 13.0. The van der Waals surface area contributed by atoms with Crippen LogP contribution in [0.15, 0.2) is 0 Å². The Morgan fingerprint density at radius 2 is 0.963 bits per heavy atom. The molecule has 0 aliphatic carbocycles. The van der Waals surface area contributed by atoms with Gasteiger partial charge < -0.3 is 45.1 Å². The Bertz CT molecular complexity index is 424. The topological polar surface area (TPSA) is 232 Å². The number of phosphoric acid groups is 2. The SMILES string of the molecule is CN(C)C(C)(O)N(C)C.O=P(O)(O)OP(=O)(O)O.OCC(CO)(CO)CO. The Morgan fingerprint density at radius 1 is 0.741 bits per heavy atom. The van der Waals surface area contributed by atoms with Crippen molar-refractivity contribution in [1.29, 1.82) is 0 Å². The zero-order valence-corrected chi connectivity index (χ0v) is 17.7. The van der Waals surface area contributed by atoms with Crippen LogP contribution in [-0.2, 0) is 13.4 Å². The lowest BCUT2D eigenvalue weighted by Crippen LogP contribution is -2.52. The van der Waals surface area contributed by atoms with Crippen LogP contribution >= 0.6 is 15.6 Å². The molecule has 0 radical (unpaired) electrons. The second kappa shape index (κ2) is 13.2. The van der Waals surface area contributed by atoms with Crippen LogP contribution in [0.5, 0.6) is 0 Å². The molecule has 0 aliphatic heterocycles. The summed E-state index contributed by atoms with van der Waals surface area (Å²) < 4.78 is 22.2. The van der Waals surface area contributed by atoms with Gasteiger partial charge in [0.1, 0.15) is 0 Å². The fourth-order valence-corrected chi connectivity index (χ4v) is 1.95. The van der Waals surface area contributed by atoms with E-state index in [1.807, 2.05) is 28.2 Å². The highest BCUT2D eigenvalue weighted by molar-refractivity contribution is 7.60. The summed E-state index contributed by atoms with van der Waals surface area (Å²) in [6, 6.07) is 0. The maximum atomic E-state index is 9.63. The summed E-state index contributed by atoms with van der Waals surface area (Å²) in [7, 11) is -2.77. The van der Waals surface area contributed by atoms with Crippen LogP contribution < -0.4 is 0 Å². The Hall–Kier alpha value is -0.0200. The second-order valence-electron chi connectivity index (χ2n) is 5.95. The highest BCUT2D eigenvalue weighted by Gasteiger charge is 2.28. The first kappa shape index (κ1) is 31.7. The number of hydrogen-bond acceptors (Lipinski definition) is 10. The third-order valence-corrected chi connectivity index (χ3v) is 4.95. The number of rotatable bonds is 8. The molecule has 0 saturated heterocycles. The first-order chi connectivity index (χ1) is 11.8. The van der Waals surface area contributed by atoms with Gasteiger partial charge in [0.15, 0.2) is 5.85 Å². The third kappa shape index (κ3) is 16.6. The van der Waals surface area contributed by atoms with Crippen LogP contribution in [0.3, 0.4) is 0 Å². The molecule has 168 valence electrons. The van der Waals surface area contributed by atoms with E-state index in [0.717, 1.165) is 0 Å². The summed E-state index contributed by atoms with van der Waals surface area (Å²) in [6.07, 6.45) is 0. The molecule has 0 aromatic heterocycles. The summed E-state index contributed by atoms with van der Waals surface area (Å²) >= 11 is 0. The second-order valence-corrected chi connectivity index (χ2v) is 8.57. The van der Waals surface area contributed by atoms with E-state index in [1.165, 1.54) is 0 Å². The van der Waals surface area contributed by atoms with Crippen molar-refractivity contribution < 1.29 is 58.5 Å². The van der Waals surface area contributed by atoms with Crippen LogP contribution in [-0.4, -0.2) is 115 Å². The molecule has 0 atom stereocenters. The van der Waals surface area contributed by atoms with Gasteiger partial charge in [-0.05, 0) is 35.1 Å². The molecule has 0 amide bonds. The van der Waals surface area contributed by atoms with E-state index in [1.54, 1.807) is 16.7 Å². The molecule has 0 spiro atoms. The third-order valence-electron chi connectivity index (χ3n) is 3.25. The van der Waals surface area contributed by atoms with E-state index >= 15 is 0 Å². The van der Waals surface area contributed by atoms with Gasteiger partial charge in [-0.15, -0.1) is 0 Å². The van der Waals surface area contributed by atoms with Crippen molar-refractivity contribution >= 4 is 15.6 Å². The predicted molar refractivity (Wildman–Crippen MR) is 93.9 cm³/mol. The molecule has 9 N–H and O–H groups in total. The van der Waals surface area contributed by atoms with Crippen molar-refractivity contribution in [2.45, 2.75) is 12.8 Å². The van der Waals surface area contributed by atoms with Crippen LogP contribution in [0.1, 0.15) is 6.92 Å². The molecule has 14 nitrogen and oxygen atoms in total. The highest BCUT2D eigenvalue weighted by Crippen LogP contribution is 2.53. The monoisotopic (exact) mass is 446 g/mol. The largest absolute Gasteiger partial charge is 0.478 e. The van der Waals surface area contributed by atoms with Gasteiger partial charge in [0.05, 0.1) is 31.8 Å². The van der Waals surface area contributed by atoms with Gasteiger partial charge in [-0.3, -0.25) is 9.80 Å². The summed E-state index contributed by atoms with van der Waals surface area (Å²) in [5, 5.41) is 43.5. The number of aliphatic hydroxyl groups excluding tert-OH is 4. The smallest absolute Gasteiger partial charge is 0.396 e. The summed E-state index contributed by atoms with van der Waals surface area (Å²) in [4.78, 5) is 34.5. The fourth-order valence-electron chi connectivity index (χ4n) is 0.839. The zero-order chi connectivity index (χ0) is 22.7. The van der Waals surface area contributed by atoms with E-state index in [9.17, 15) is 14.2 Å². The van der Waals surface area contributed by atoms with Crippen molar-refractivity contribution in [1.82, 2.24) is 9.80 Å². The minimum absolute atomic E-state index is 0.406. The molecule has 27 heavy (non-hydrogen) atoms. The minimum atomic E-state index is -5.05. The number of nitrogens with zero attached hydrogens (tertiary/aromatic N) is 2. The Morgan fingerprint density at radius 3 is 0.963 bits per heavy atom. The first-order valence-corrected chi connectivity index (χ1v) is 10.2. The van der Waals surface area contributed by atoms with E-state index in [4.69, 9.17) is 40.0 Å². The molecule has 16 heteroatoms. The molecule has 0 fully saturated rings. The van der Waals surface area contributed by atoms with Gasteiger partial charge in [0.25, 0.3) is 0 Å². The lowest BCUT2D eigenvalue weighted by molar-refractivity contribution is -0.166. The maximum Gasteiger partial charge on any atom is 0.478 e. The van der Waals surface area contributed by atoms with Crippen molar-refractivity contribution in [3.8, 4) is 0 Å². The predicted octanol–water partition coefficient (Wildman–Crippen LogP) is -3.09. The van der Waals surface area contributed by atoms with E-state index in [-0.39, 0.29) is 0 Å². The lowest BCUT2D eigenvalue weighted by atomic mass is 9.93. The molecule has 0 unspecified atom stereocenters. The molecule has 0 aliphatic rings. The van der Waals surface area contributed by atoms with Gasteiger partial charge in [-0.1, -0.05) is 0 Å². The van der Waals surface area contributed by atoms with Gasteiger partial charge in [0.2, 0.25) is 0 Å². The standard InChI is InChI=1S/C6H16N2O.C5H12O4.H4O7P2/c1-6(9,7(2)3)8(4)5;6-1-5(2-7,3-8)4-9;1-8(2,3)7-9(4,5)6/h9H,1-5H3;6-9H,1-4H2;(H2,1,2,3)(H2,4,5,6). The van der Waals surface area contributed by atoms with Crippen molar-refractivity contribution in [2.24, 2.45) is 5.41 Å². The van der Waals surface area contributed by atoms with E-state index in [2.05, 4.69) is 4.31 Å². The highest BCUT2D eigenvalue weighted by atomic mass is 31.3. The number of hydrogen-bond donors (Lipinski definition) is 9. The summed E-state index contributed by atoms with van der Waals surface area (Å²) in [6.45, 7) is 0.118. The molecule has 0 saturated carbocycles. The van der Waals surface area contributed by atoms with Gasteiger partial charge in [-0.25, -0.2) is 9.13 Å². The lowest BCUT2D eigenvalue weighted by Gasteiger charge is -2.36. The van der Waals surface area contributed by atoms with Crippen molar-refractivity contribution in [2.75, 3.05) is 54.6 Å². The van der Waals surface area contributed by atoms with E-state index in [0.29, 0.717) is 0 Å². The maximum absolute atomic E-state index is 9.63. The molecular formula is C11H32N2O12P2. The summed E-state index contributed by atoms with van der Waals surface area (Å²) in [5.74, 6) is -0.833. The molecule has 0 heterocycles. The van der Waals surface area contributed by atoms with Crippen molar-refractivity contribution in [3.63, 3.8) is 0 Å². The van der Waals surface area contributed by atoms with Crippen molar-refractivity contribution in [3.05, 3.63) is 0 Å². The Kier molecular flexibility index (Phi) is 15.5. The summed E-state index contributed by atoms with van der Waals surface area (Å²) in [5.41, 5.74) is -1.11. The molecular weight excluding hydrogens is 414 g/mol. The molecule has 0 aromatic carbocycles. The average molecular weight is 446 g/mol. The van der Waals surface area contributed by atoms with Crippen LogP contribution in [0.2, 0.25) is 0 Å². The molecule has 0 aromatic rings. The van der Waals surface area contributed by atoms with Crippen LogP contribution in [0.25, 0.3) is 0 Å². The molecule has 0 bridgehead atoms. The fraction of sp³-hybridized carbons (Fsp3) is 1.00. The Balaban J connectivity index is -0.000000320. The minimum Gasteiger partial charge on any atom is -0.396 e. The first-order valence-electron chi connectivity index (χ1n) is 7.17.